The van der Waals surface area contributed by atoms with E-state index in [0.717, 1.165) is 89.8 Å². The van der Waals surface area contributed by atoms with Crippen LogP contribution in [0.4, 0.5) is 0 Å². The number of carboxylic acid groups (broad SMARTS) is 10. The van der Waals surface area contributed by atoms with Crippen LogP contribution in [-0.2, 0) is 47.9 Å². The molecule has 0 aliphatic carbocycles. The summed E-state index contributed by atoms with van der Waals surface area (Å²) in [7, 11) is 30.8. The van der Waals surface area contributed by atoms with E-state index >= 15 is 0 Å². The Balaban J connectivity index is -0.0000000589. The number of hydrogen-bond donors (Lipinski definition) is 11. The molecule has 11 N–H and O–H groups in total. The van der Waals surface area contributed by atoms with Crippen molar-refractivity contribution < 1.29 is 152 Å². The number of quaternary nitrogens is 5. The summed E-state index contributed by atoms with van der Waals surface area (Å²) in [4.78, 5) is 93.6. The third-order valence-electron chi connectivity index (χ3n) is 5.40. The highest BCUT2D eigenvalue weighted by atomic mass is 16.4. The highest BCUT2D eigenvalue weighted by Crippen LogP contribution is 2.13. The molecular formula is C44H97N5O26. The topological polar surface area (TPSA) is 509 Å². The SMILES string of the molecule is CC(=O)O.CC(=O)O.CC(=O)O.CC(=O)O.CC(=O)O.C[N+](C)(C)CCO.C[N+](C)(C)CCO.C[N+](C)(C)CCO.C[N+](C)(C)CCO.C[N+](C)(C)CCO.O=C([O-])CC(=O)[O-].O=C([O-])CC(O)(CC(=O)[O-])C(=O)[O-]. The number of rotatable bonds is 17. The number of carboxylic acids is 10. The average Bonchev–Trinajstić information content (AvgIpc) is 3.05. The van der Waals surface area contributed by atoms with E-state index in [1.54, 1.807) is 0 Å². The summed E-state index contributed by atoms with van der Waals surface area (Å²) in [5, 5.41) is 136. The van der Waals surface area contributed by atoms with Crippen molar-refractivity contribution in [1.29, 1.82) is 0 Å². The van der Waals surface area contributed by atoms with Crippen LogP contribution in [0.3, 0.4) is 0 Å². The highest BCUT2D eigenvalue weighted by Gasteiger charge is 2.29. The van der Waals surface area contributed by atoms with E-state index in [0.29, 0.717) is 0 Å². The molecule has 0 saturated carbocycles. The van der Waals surface area contributed by atoms with Gasteiger partial charge in [0.1, 0.15) is 38.3 Å². The second-order valence-corrected chi connectivity index (χ2v) is 19.6. The van der Waals surface area contributed by atoms with E-state index in [9.17, 15) is 49.5 Å². The summed E-state index contributed by atoms with van der Waals surface area (Å²) < 4.78 is 4.22. The molecule has 0 radical (unpaired) electrons. The lowest BCUT2D eigenvalue weighted by Crippen LogP contribution is -2.54. The number of likely N-dealkylation sites (N-methyl/N-ethyl adjacent to an activating group) is 5. The van der Waals surface area contributed by atoms with Crippen LogP contribution >= 0.6 is 0 Å². The van der Waals surface area contributed by atoms with Gasteiger partial charge in [-0.25, -0.2) is 0 Å². The van der Waals surface area contributed by atoms with Crippen LogP contribution in [0.2, 0.25) is 0 Å². The molecule has 0 aromatic rings. The molecule has 31 heteroatoms. The van der Waals surface area contributed by atoms with Crippen LogP contribution in [0.5, 0.6) is 0 Å². The molecule has 0 spiro atoms. The number of nitrogens with zero attached hydrogens (tertiary/aromatic N) is 5. The zero-order chi connectivity index (χ0) is 64.0. The molecule has 0 heterocycles. The molecule has 75 heavy (non-hydrogen) atoms. The van der Waals surface area contributed by atoms with E-state index < -0.39 is 84.6 Å². The monoisotopic (exact) mass is 1110 g/mol. The van der Waals surface area contributed by atoms with Gasteiger partial charge in [0.2, 0.25) is 0 Å². The first kappa shape index (κ1) is 98.4. The standard InChI is InChI=1S/C6H8O7.5C5H14NO.C3H4O4.5C2H4O2/c7-3(8)1-6(13,5(11)12)2-4(9)10;5*1-6(2,3)4-5-7;4-2(5)1-3(6)7;5*1-2(3)4/h13H,1-2H2,(H,7,8)(H,9,10)(H,11,12);5*7H,4-5H2,1-3H3;1H2,(H,4,5)(H,6,7);5*1H3,(H,3,4)/q;5*+1;;;;;;/p-5. The molecule has 0 rings (SSSR count). The number of carbonyl (C=O) groups is 10. The Morgan fingerprint density at radius 2 is 0.440 bits per heavy atom. The molecule has 0 aromatic heterocycles. The average molecular weight is 1110 g/mol. The van der Waals surface area contributed by atoms with Crippen LogP contribution < -0.4 is 25.5 Å². The summed E-state index contributed by atoms with van der Waals surface area (Å²) >= 11 is 0. The fraction of sp³-hybridized carbons (Fsp3) is 0.773. The lowest BCUT2D eigenvalue weighted by molar-refractivity contribution is -0.870. The van der Waals surface area contributed by atoms with Crippen molar-refractivity contribution in [3.63, 3.8) is 0 Å². The fourth-order valence-corrected chi connectivity index (χ4v) is 2.30. The molecule has 0 bridgehead atoms. The predicted octanol–water partition coefficient (Wildman–Crippen LogP) is -9.50. The minimum atomic E-state index is -2.97. The summed E-state index contributed by atoms with van der Waals surface area (Å²) in [6.07, 6.45) is -3.74. The van der Waals surface area contributed by atoms with Crippen molar-refractivity contribution in [1.82, 2.24) is 0 Å². The Morgan fingerprint density at radius 1 is 0.320 bits per heavy atom. The maximum absolute atomic E-state index is 10.1. The molecule has 0 saturated heterocycles. The van der Waals surface area contributed by atoms with E-state index in [-0.39, 0.29) is 33.0 Å². The first-order chi connectivity index (χ1) is 32.9. The summed E-state index contributed by atoms with van der Waals surface area (Å²) in [5.41, 5.74) is -2.97. The van der Waals surface area contributed by atoms with Crippen LogP contribution in [0, 0.1) is 0 Å². The number of aliphatic hydroxyl groups is 6. The molecule has 0 unspecified atom stereocenters. The minimum absolute atomic E-state index is 0.281. The zero-order valence-corrected chi connectivity index (χ0v) is 48.0. The maximum Gasteiger partial charge on any atom is 0.300 e. The quantitative estimate of drug-likeness (QED) is 0.0476. The third-order valence-corrected chi connectivity index (χ3v) is 5.40. The van der Waals surface area contributed by atoms with Gasteiger partial charge in [-0.05, 0) is 0 Å². The van der Waals surface area contributed by atoms with Gasteiger partial charge in [0.05, 0.1) is 145 Å². The lowest BCUT2D eigenvalue weighted by Gasteiger charge is -2.29. The number of carbonyl (C=O) groups excluding carboxylic acids is 5. The molecule has 0 aromatic carbocycles. The molecule has 0 aliphatic rings. The maximum atomic E-state index is 10.1. The van der Waals surface area contributed by atoms with Gasteiger partial charge < -0.3 is 128 Å². The Bertz CT molecular complexity index is 1270. The third kappa shape index (κ3) is 255. The Morgan fingerprint density at radius 3 is 0.467 bits per heavy atom. The van der Waals surface area contributed by atoms with Gasteiger partial charge in [-0.3, -0.25) is 24.0 Å². The smallest absolute Gasteiger partial charge is 0.300 e. The summed E-state index contributed by atoms with van der Waals surface area (Å²) in [6, 6.07) is 0. The highest BCUT2D eigenvalue weighted by molar-refractivity contribution is 5.86. The first-order valence-electron chi connectivity index (χ1n) is 21.6. The summed E-state index contributed by atoms with van der Waals surface area (Å²) in [5.74, 6) is -13.4. The normalized spacial score (nSPS) is 9.89. The van der Waals surface area contributed by atoms with Crippen molar-refractivity contribution >= 4 is 59.7 Å². The first-order valence-corrected chi connectivity index (χ1v) is 21.6. The summed E-state index contributed by atoms with van der Waals surface area (Å²) in [6.45, 7) is 11.0. The van der Waals surface area contributed by atoms with E-state index in [4.69, 9.17) is 80.1 Å². The van der Waals surface area contributed by atoms with Crippen molar-refractivity contribution in [2.24, 2.45) is 0 Å². The lowest BCUT2D eigenvalue weighted by atomic mass is 9.96. The van der Waals surface area contributed by atoms with Crippen molar-refractivity contribution in [2.75, 3.05) is 171 Å². The largest absolute Gasteiger partial charge is 0.550 e. The van der Waals surface area contributed by atoms with Crippen molar-refractivity contribution in [3.05, 3.63) is 0 Å². The Hall–Kier alpha value is -5.74. The van der Waals surface area contributed by atoms with Gasteiger partial charge in [-0.1, -0.05) is 0 Å². The second kappa shape index (κ2) is 57.5. The zero-order valence-electron chi connectivity index (χ0n) is 48.0. The predicted molar refractivity (Wildman–Crippen MR) is 260 cm³/mol. The molecule has 0 atom stereocenters. The van der Waals surface area contributed by atoms with E-state index in [1.165, 1.54) is 0 Å². The van der Waals surface area contributed by atoms with Crippen LogP contribution in [0.15, 0.2) is 0 Å². The molecule has 0 amide bonds. The van der Waals surface area contributed by atoms with Gasteiger partial charge >= 0.3 is 0 Å². The van der Waals surface area contributed by atoms with Crippen LogP contribution in [0.1, 0.15) is 53.9 Å². The Kier molecular flexibility index (Phi) is 75.5. The van der Waals surface area contributed by atoms with Crippen LogP contribution in [-0.4, -0.2) is 315 Å². The van der Waals surface area contributed by atoms with Gasteiger partial charge in [-0.2, -0.15) is 0 Å². The van der Waals surface area contributed by atoms with E-state index in [2.05, 4.69) is 106 Å². The molecular weight excluding hydrogens is 1010 g/mol. The van der Waals surface area contributed by atoms with Crippen LogP contribution in [0.25, 0.3) is 0 Å². The number of aliphatic hydroxyl groups excluding tert-OH is 5. The van der Waals surface area contributed by atoms with Gasteiger partial charge in [0, 0.05) is 77.8 Å². The van der Waals surface area contributed by atoms with Crippen molar-refractivity contribution in [3.8, 4) is 0 Å². The van der Waals surface area contributed by atoms with Crippen molar-refractivity contribution in [2.45, 2.75) is 59.5 Å². The number of hydrogen-bond acceptors (Lipinski definition) is 21. The van der Waals surface area contributed by atoms with E-state index in [1.807, 2.05) is 0 Å². The second-order valence-electron chi connectivity index (χ2n) is 19.6. The van der Waals surface area contributed by atoms with Gasteiger partial charge in [0.25, 0.3) is 29.8 Å². The van der Waals surface area contributed by atoms with Gasteiger partial charge in [0.15, 0.2) is 0 Å². The number of aliphatic carboxylic acids is 10. The Labute approximate surface area is 442 Å². The molecule has 31 nitrogen and oxygen atoms in total. The molecule has 0 aliphatic heterocycles. The molecule has 0 fully saturated rings. The van der Waals surface area contributed by atoms with Gasteiger partial charge in [-0.15, -0.1) is 0 Å². The minimum Gasteiger partial charge on any atom is -0.550 e. The molecule has 454 valence electrons. The fourth-order valence-electron chi connectivity index (χ4n) is 2.30.